The first kappa shape index (κ1) is 24500. The molecule has 0 nitrogen and oxygen atoms in total. The van der Waals surface area contributed by atoms with Crippen LogP contribution >= 0.6 is 9.90 Å². The van der Waals surface area contributed by atoms with E-state index in [0.29, 0.717) is 0 Å². The van der Waals surface area contributed by atoms with Gasteiger partial charge >= 0.3 is 0 Å². The Morgan fingerprint density at radius 3 is 0.333 bits per heavy atom. The largest absolute Gasteiger partial charge is 0.269 e. The standard InChI is InChI=1S/5FH.P/h5*1H;. The van der Waals surface area contributed by atoms with Crippen LogP contribution in [0.5, 0.6) is 0 Å². The first-order chi connectivity index (χ1) is 0. The predicted octanol–water partition coefficient (Wildman–Crippen LogP) is 1.62. The van der Waals surface area contributed by atoms with E-state index in [2.05, 4.69) is 0 Å². The molecule has 3 radical (unpaired) electrons. The van der Waals surface area contributed by atoms with Crippen molar-refractivity contribution in [1.29, 1.82) is 0 Å². The minimum absolute atomic E-state index is 0. The summed E-state index contributed by atoms with van der Waals surface area (Å²) in [5.74, 6) is 0. The average Bonchev–Trinajstić information content (AvgIpc) is 0. The highest BCUT2D eigenvalue weighted by Gasteiger charge is 0.0000189. The van der Waals surface area contributed by atoms with Crippen LogP contribution in [0.4, 0.5) is 23.5 Å². The summed E-state index contributed by atoms with van der Waals surface area (Å²) >= 11 is 0. The molecular formula is H5F5P. The molecule has 0 bridgehead atoms. The Bertz CT molecular complexity index is 3.90. The molecule has 0 fully saturated rings. The summed E-state index contributed by atoms with van der Waals surface area (Å²) in [6.45, 7) is 0. The second-order valence-corrected chi connectivity index (χ2v) is 0. The summed E-state index contributed by atoms with van der Waals surface area (Å²) in [4.78, 5) is 0. The molecule has 0 aliphatic carbocycles. The summed E-state index contributed by atoms with van der Waals surface area (Å²) in [5.41, 5.74) is 0. The van der Waals surface area contributed by atoms with Crippen LogP contribution in [0, 0.1) is 0 Å². The molecule has 6 heteroatoms. The monoisotopic (exact) mass is 131 g/mol. The van der Waals surface area contributed by atoms with Gasteiger partial charge in [-0.15, -0.1) is 0 Å². The molecule has 0 aromatic carbocycles. The molecule has 0 saturated carbocycles. The Kier molecular flexibility index (Phi) is 54000000. The fraction of sp³-hybridized carbons (Fsp3) is 0. The van der Waals surface area contributed by atoms with Crippen molar-refractivity contribution in [2.75, 3.05) is 0 Å². The lowest BCUT2D eigenvalue weighted by atomic mass is 19.0. The maximum absolute atomic E-state index is 0. The first-order valence-corrected chi connectivity index (χ1v) is 0. The molecule has 0 spiro atoms. The van der Waals surface area contributed by atoms with Crippen molar-refractivity contribution >= 4 is 9.90 Å². The van der Waals surface area contributed by atoms with Gasteiger partial charge in [0.25, 0.3) is 0 Å². The highest BCUT2D eigenvalue weighted by Crippen LogP contribution is 0.861. The summed E-state index contributed by atoms with van der Waals surface area (Å²) < 4.78 is 0. The summed E-state index contributed by atoms with van der Waals surface area (Å²) in [7, 11) is 0. The van der Waals surface area contributed by atoms with E-state index < -0.39 is 0 Å². The van der Waals surface area contributed by atoms with E-state index in [-0.39, 0.29) is 33.4 Å². The quantitative estimate of drug-likeness (QED) is 0.346. The van der Waals surface area contributed by atoms with Gasteiger partial charge in [-0.25, -0.2) is 0 Å². The van der Waals surface area contributed by atoms with Crippen LogP contribution in [0.3, 0.4) is 0 Å². The Morgan fingerprint density at radius 1 is 0.333 bits per heavy atom. The molecule has 0 saturated heterocycles. The lowest BCUT2D eigenvalue weighted by molar-refractivity contribution is 1.11. The minimum Gasteiger partial charge on any atom is -0.269 e. The second kappa shape index (κ2) is 13200. The van der Waals surface area contributed by atoms with Gasteiger partial charge in [0, 0.05) is 9.90 Å². The van der Waals surface area contributed by atoms with Crippen LogP contribution < -0.4 is 0 Å². The van der Waals surface area contributed by atoms with Gasteiger partial charge in [0.1, 0.15) is 0 Å². The van der Waals surface area contributed by atoms with E-state index in [1.54, 1.807) is 0 Å². The molecule has 6 heavy (non-hydrogen) atoms. The fourth-order valence-corrected chi connectivity index (χ4v) is 0. The molecule has 0 rings (SSSR count). The van der Waals surface area contributed by atoms with Crippen molar-refractivity contribution in [2.45, 2.75) is 0 Å². The zero-order valence-electron chi connectivity index (χ0n) is 2.49. The fourth-order valence-electron chi connectivity index (χ4n) is 0. The minimum atomic E-state index is 0. The van der Waals surface area contributed by atoms with Crippen LogP contribution in [0.1, 0.15) is 0 Å². The third-order valence-electron chi connectivity index (χ3n) is 0. The van der Waals surface area contributed by atoms with Crippen LogP contribution in [0.25, 0.3) is 0 Å². The molecular weight excluding hydrogens is 126 g/mol. The number of halogens is 5. The highest BCUT2D eigenvalue weighted by atomic mass is 31.0. The molecule has 45 valence electrons. The topological polar surface area (TPSA) is 0 Å². The SMILES string of the molecule is F.F.F.F.F.[P]. The molecule has 0 amide bonds. The van der Waals surface area contributed by atoms with Crippen LogP contribution in [-0.2, 0) is 0 Å². The highest BCUT2D eigenvalue weighted by molar-refractivity contribution is 6.92. The van der Waals surface area contributed by atoms with E-state index in [1.807, 2.05) is 0 Å². The molecule has 0 aliphatic rings. The van der Waals surface area contributed by atoms with E-state index >= 15 is 0 Å². The van der Waals surface area contributed by atoms with Gasteiger partial charge in [0.05, 0.1) is 0 Å². The smallest absolute Gasteiger partial charge is 0 e. The molecule has 0 aliphatic heterocycles. The van der Waals surface area contributed by atoms with E-state index in [0.717, 1.165) is 0 Å². The summed E-state index contributed by atoms with van der Waals surface area (Å²) in [6.07, 6.45) is 0. The lowest BCUT2D eigenvalue weighted by Crippen LogP contribution is 0.419. The number of hydrogen-bond acceptors (Lipinski definition) is 0. The zero-order valence-corrected chi connectivity index (χ0v) is 3.38. The van der Waals surface area contributed by atoms with Gasteiger partial charge in [-0.2, -0.15) is 0 Å². The van der Waals surface area contributed by atoms with E-state index in [1.165, 1.54) is 0 Å². The Labute approximate surface area is 34.8 Å². The third-order valence-corrected chi connectivity index (χ3v) is 0. The van der Waals surface area contributed by atoms with Gasteiger partial charge in [-0.05, 0) is 0 Å². The van der Waals surface area contributed by atoms with Gasteiger partial charge in [-0.3, -0.25) is 23.5 Å². The van der Waals surface area contributed by atoms with Gasteiger partial charge in [0.2, 0.25) is 0 Å². The molecule has 0 aromatic heterocycles. The van der Waals surface area contributed by atoms with Gasteiger partial charge < -0.3 is 0 Å². The van der Waals surface area contributed by atoms with Gasteiger partial charge in [0.15, 0.2) is 0 Å². The van der Waals surface area contributed by atoms with Crippen molar-refractivity contribution in [3.05, 3.63) is 0 Å². The van der Waals surface area contributed by atoms with Crippen LogP contribution in [0.2, 0.25) is 0 Å². The molecule has 0 unspecified atom stereocenters. The van der Waals surface area contributed by atoms with Crippen molar-refractivity contribution in [1.82, 2.24) is 0 Å². The molecule has 0 heterocycles. The Morgan fingerprint density at radius 2 is 0.333 bits per heavy atom. The molecule has 0 aromatic rings. The first-order valence-electron chi connectivity index (χ1n) is 0. The Balaban J connectivity index is 0. The van der Waals surface area contributed by atoms with Crippen LogP contribution in [-0.4, -0.2) is 0 Å². The van der Waals surface area contributed by atoms with Crippen molar-refractivity contribution in [3.8, 4) is 0 Å². The van der Waals surface area contributed by atoms with E-state index in [4.69, 9.17) is 0 Å². The van der Waals surface area contributed by atoms with E-state index in [9.17, 15) is 0 Å². The predicted molar refractivity (Wildman–Crippen MR) is 19.4 cm³/mol. The zero-order chi connectivity index (χ0) is 0. The number of hydrogen-bond donors (Lipinski definition) is 0. The lowest BCUT2D eigenvalue weighted by Gasteiger charge is -0.270. The van der Waals surface area contributed by atoms with Crippen molar-refractivity contribution in [3.63, 3.8) is 0 Å². The van der Waals surface area contributed by atoms with Gasteiger partial charge in [-0.1, -0.05) is 0 Å². The average molecular weight is 131 g/mol. The maximum Gasteiger partial charge on any atom is 0 e. The summed E-state index contributed by atoms with van der Waals surface area (Å²) in [5, 5.41) is 0. The molecule has 0 atom stereocenters. The van der Waals surface area contributed by atoms with Crippen molar-refractivity contribution in [2.24, 2.45) is 0 Å². The third kappa shape index (κ3) is 6050. The Hall–Kier alpha value is 0.0800. The van der Waals surface area contributed by atoms with Crippen molar-refractivity contribution < 1.29 is 23.5 Å². The number of rotatable bonds is 0. The maximum atomic E-state index is 0. The molecule has 0 N–H and O–H groups in total. The second-order valence-electron chi connectivity index (χ2n) is 0. The summed E-state index contributed by atoms with van der Waals surface area (Å²) in [6, 6.07) is 0. The normalized spacial score (nSPS) is 0. The van der Waals surface area contributed by atoms with Crippen LogP contribution in [0.15, 0.2) is 0 Å².